The summed E-state index contributed by atoms with van der Waals surface area (Å²) in [6, 6.07) is 14.6. The zero-order chi connectivity index (χ0) is 21.0. The molecular formula is C23H27N3O3. The van der Waals surface area contributed by atoms with Gasteiger partial charge in [0, 0.05) is 5.69 Å². The number of nitrogens with zero attached hydrogens (tertiary/aromatic N) is 1. The van der Waals surface area contributed by atoms with Crippen LogP contribution in [0.2, 0.25) is 0 Å². The van der Waals surface area contributed by atoms with E-state index in [2.05, 4.69) is 24.5 Å². The van der Waals surface area contributed by atoms with Crippen molar-refractivity contribution in [3.8, 4) is 0 Å². The average molecular weight is 393 g/mol. The second kappa shape index (κ2) is 8.47. The van der Waals surface area contributed by atoms with E-state index >= 15 is 0 Å². The molecule has 0 bridgehead atoms. The first kappa shape index (κ1) is 20.6. The highest BCUT2D eigenvalue weighted by molar-refractivity contribution is 6.10. The van der Waals surface area contributed by atoms with Gasteiger partial charge in [0.05, 0.1) is 0 Å². The van der Waals surface area contributed by atoms with Crippen molar-refractivity contribution in [3.63, 3.8) is 0 Å². The van der Waals surface area contributed by atoms with Gasteiger partial charge in [-0.1, -0.05) is 56.7 Å². The molecule has 2 aromatic rings. The van der Waals surface area contributed by atoms with Crippen molar-refractivity contribution < 1.29 is 14.4 Å². The number of hydrogen-bond acceptors (Lipinski definition) is 3. The molecule has 0 aromatic heterocycles. The molecule has 6 nitrogen and oxygen atoms in total. The van der Waals surface area contributed by atoms with Crippen molar-refractivity contribution in [3.05, 3.63) is 65.2 Å². The first-order chi connectivity index (χ1) is 13.9. The normalized spacial score (nSPS) is 18.7. The summed E-state index contributed by atoms with van der Waals surface area (Å²) in [6.07, 6.45) is 2.91. The number of imide groups is 1. The van der Waals surface area contributed by atoms with Crippen molar-refractivity contribution in [1.29, 1.82) is 0 Å². The first-order valence-corrected chi connectivity index (χ1v) is 9.99. The molecule has 3 rings (SSSR count). The molecular weight excluding hydrogens is 366 g/mol. The minimum absolute atomic E-state index is 0.330. The Bertz CT molecular complexity index is 906. The summed E-state index contributed by atoms with van der Waals surface area (Å²) in [5.74, 6) is -0.845. The van der Waals surface area contributed by atoms with Crippen LogP contribution >= 0.6 is 0 Å². The van der Waals surface area contributed by atoms with Gasteiger partial charge in [0.15, 0.2) is 0 Å². The van der Waals surface area contributed by atoms with Gasteiger partial charge >= 0.3 is 6.03 Å². The summed E-state index contributed by atoms with van der Waals surface area (Å²) in [5, 5.41) is 5.48. The third kappa shape index (κ3) is 4.31. The van der Waals surface area contributed by atoms with E-state index in [1.165, 1.54) is 5.56 Å². The molecule has 1 saturated heterocycles. The number of benzene rings is 2. The van der Waals surface area contributed by atoms with Crippen molar-refractivity contribution in [2.24, 2.45) is 0 Å². The summed E-state index contributed by atoms with van der Waals surface area (Å²) in [6.45, 7) is 5.50. The number of aryl methyl sites for hydroxylation is 2. The minimum atomic E-state index is -1.18. The molecule has 0 spiro atoms. The van der Waals surface area contributed by atoms with Crippen molar-refractivity contribution in [1.82, 2.24) is 10.2 Å². The van der Waals surface area contributed by atoms with Crippen LogP contribution in [-0.4, -0.2) is 29.3 Å². The van der Waals surface area contributed by atoms with E-state index in [-0.39, 0.29) is 6.54 Å². The quantitative estimate of drug-likeness (QED) is 0.706. The standard InChI is InChI=1S/C23H27N3O3/c1-4-6-17-7-11-18(12-8-17)23(3)21(28)26(22(29)25-23)15-20(27)24-19-13-9-16(5-2)10-14-19/h7-14H,4-6,15H2,1-3H3,(H,24,27)(H,25,29). The van der Waals surface area contributed by atoms with Gasteiger partial charge in [0.2, 0.25) is 5.91 Å². The van der Waals surface area contributed by atoms with E-state index < -0.39 is 23.4 Å². The zero-order valence-corrected chi connectivity index (χ0v) is 17.1. The zero-order valence-electron chi connectivity index (χ0n) is 17.1. The molecule has 152 valence electrons. The molecule has 1 unspecified atom stereocenters. The van der Waals surface area contributed by atoms with E-state index in [0.717, 1.165) is 29.7 Å². The molecule has 1 fully saturated rings. The van der Waals surface area contributed by atoms with E-state index in [0.29, 0.717) is 11.3 Å². The molecule has 4 amide bonds. The Morgan fingerprint density at radius 2 is 1.62 bits per heavy atom. The van der Waals surface area contributed by atoms with Crippen LogP contribution in [0, 0.1) is 0 Å². The molecule has 2 aromatic carbocycles. The lowest BCUT2D eigenvalue weighted by molar-refractivity contribution is -0.133. The SMILES string of the molecule is CCCc1ccc(C2(C)NC(=O)N(CC(=O)Nc3ccc(CC)cc3)C2=O)cc1. The fourth-order valence-electron chi connectivity index (χ4n) is 3.50. The second-order valence-electron chi connectivity index (χ2n) is 7.49. The fourth-order valence-corrected chi connectivity index (χ4v) is 3.50. The number of rotatable bonds is 7. The van der Waals surface area contributed by atoms with Gasteiger partial charge in [-0.25, -0.2) is 4.79 Å². The van der Waals surface area contributed by atoms with Gasteiger partial charge in [-0.05, 0) is 48.6 Å². The Balaban J connectivity index is 1.69. The van der Waals surface area contributed by atoms with E-state index in [1.54, 1.807) is 6.92 Å². The Morgan fingerprint density at radius 1 is 1.00 bits per heavy atom. The maximum Gasteiger partial charge on any atom is 0.325 e. The predicted octanol–water partition coefficient (Wildman–Crippen LogP) is 3.61. The van der Waals surface area contributed by atoms with Gasteiger partial charge in [-0.15, -0.1) is 0 Å². The van der Waals surface area contributed by atoms with Crippen molar-refractivity contribution in [2.75, 3.05) is 11.9 Å². The number of anilines is 1. The summed E-state index contributed by atoms with van der Waals surface area (Å²) >= 11 is 0. The molecule has 1 aliphatic heterocycles. The second-order valence-corrected chi connectivity index (χ2v) is 7.49. The average Bonchev–Trinajstić information content (AvgIpc) is 2.93. The Morgan fingerprint density at radius 3 is 2.21 bits per heavy atom. The molecule has 0 aliphatic carbocycles. The third-order valence-electron chi connectivity index (χ3n) is 5.29. The minimum Gasteiger partial charge on any atom is -0.325 e. The van der Waals surface area contributed by atoms with Gasteiger partial charge < -0.3 is 10.6 Å². The van der Waals surface area contributed by atoms with Crippen LogP contribution in [0.15, 0.2) is 48.5 Å². The van der Waals surface area contributed by atoms with Gasteiger partial charge in [0.25, 0.3) is 5.91 Å². The number of carbonyl (C=O) groups excluding carboxylic acids is 3. The third-order valence-corrected chi connectivity index (χ3v) is 5.29. The fraction of sp³-hybridized carbons (Fsp3) is 0.348. The molecule has 0 saturated carbocycles. The maximum absolute atomic E-state index is 13.0. The van der Waals surface area contributed by atoms with Crippen LogP contribution < -0.4 is 10.6 Å². The van der Waals surface area contributed by atoms with Gasteiger partial charge in [-0.3, -0.25) is 14.5 Å². The van der Waals surface area contributed by atoms with Crippen LogP contribution in [0.4, 0.5) is 10.5 Å². The van der Waals surface area contributed by atoms with Crippen molar-refractivity contribution in [2.45, 2.75) is 45.6 Å². The number of carbonyl (C=O) groups is 3. The Kier molecular flexibility index (Phi) is 6.01. The molecule has 1 aliphatic rings. The first-order valence-electron chi connectivity index (χ1n) is 9.99. The molecule has 0 radical (unpaired) electrons. The number of hydrogen-bond donors (Lipinski definition) is 2. The Labute approximate surface area is 171 Å². The molecule has 1 atom stereocenters. The number of urea groups is 1. The largest absolute Gasteiger partial charge is 0.325 e. The van der Waals surface area contributed by atoms with Crippen LogP contribution in [0.25, 0.3) is 0 Å². The summed E-state index contributed by atoms with van der Waals surface area (Å²) in [4.78, 5) is 38.8. The lowest BCUT2D eigenvalue weighted by Crippen LogP contribution is -2.42. The summed E-state index contributed by atoms with van der Waals surface area (Å²) in [7, 11) is 0. The van der Waals surface area contributed by atoms with Crippen molar-refractivity contribution >= 4 is 23.5 Å². The highest BCUT2D eigenvalue weighted by Gasteiger charge is 2.49. The van der Waals surface area contributed by atoms with Crippen LogP contribution in [0.1, 0.15) is 43.9 Å². The molecule has 6 heteroatoms. The highest BCUT2D eigenvalue weighted by atomic mass is 16.2. The number of amides is 4. The van der Waals surface area contributed by atoms with Gasteiger partial charge in [-0.2, -0.15) is 0 Å². The predicted molar refractivity (Wildman–Crippen MR) is 112 cm³/mol. The molecule has 2 N–H and O–H groups in total. The van der Waals surface area contributed by atoms with Gasteiger partial charge in [0.1, 0.15) is 12.1 Å². The van der Waals surface area contributed by atoms with Crippen LogP contribution in [-0.2, 0) is 28.0 Å². The topological polar surface area (TPSA) is 78.5 Å². The monoisotopic (exact) mass is 393 g/mol. The summed E-state index contributed by atoms with van der Waals surface area (Å²) < 4.78 is 0. The molecule has 29 heavy (non-hydrogen) atoms. The number of nitrogens with one attached hydrogen (secondary N) is 2. The van der Waals surface area contributed by atoms with E-state index in [4.69, 9.17) is 0 Å². The Hall–Kier alpha value is -3.15. The lowest BCUT2D eigenvalue weighted by atomic mass is 9.91. The van der Waals surface area contributed by atoms with Crippen LogP contribution in [0.3, 0.4) is 0 Å². The molecule has 1 heterocycles. The maximum atomic E-state index is 13.0. The lowest BCUT2D eigenvalue weighted by Gasteiger charge is -2.22. The van der Waals surface area contributed by atoms with E-state index in [1.807, 2.05) is 48.5 Å². The van der Waals surface area contributed by atoms with E-state index in [9.17, 15) is 14.4 Å². The smallest absolute Gasteiger partial charge is 0.325 e. The summed E-state index contributed by atoms with van der Waals surface area (Å²) in [5.41, 5.74) is 2.51. The highest BCUT2D eigenvalue weighted by Crippen LogP contribution is 2.29. The van der Waals surface area contributed by atoms with Crippen LogP contribution in [0.5, 0.6) is 0 Å².